The van der Waals surface area contributed by atoms with Crippen molar-refractivity contribution in [2.75, 3.05) is 13.2 Å². The van der Waals surface area contributed by atoms with Crippen LogP contribution >= 0.6 is 0 Å². The van der Waals surface area contributed by atoms with Crippen molar-refractivity contribution in [1.29, 1.82) is 0 Å². The number of rotatable bonds is 7. The maximum absolute atomic E-state index is 10.4. The molecule has 0 radical (unpaired) electrons. The summed E-state index contributed by atoms with van der Waals surface area (Å²) >= 11 is 0. The third kappa shape index (κ3) is 4.67. The van der Waals surface area contributed by atoms with E-state index in [0.29, 0.717) is 5.57 Å². The fraction of sp³-hybridized carbons (Fsp3) is 0.364. The monoisotopic (exact) mass is 386 g/mol. The lowest BCUT2D eigenvalue weighted by Crippen LogP contribution is -2.60. The number of hydrogen-bond donors (Lipinski definition) is 2. The van der Waals surface area contributed by atoms with Gasteiger partial charge in [-0.3, -0.25) is 0 Å². The summed E-state index contributed by atoms with van der Waals surface area (Å²) < 4.78 is 23.9. The number of benzene rings is 1. The van der Waals surface area contributed by atoms with Crippen molar-refractivity contribution in [3.8, 4) is 0 Å². The lowest BCUT2D eigenvalue weighted by Gasteiger charge is -2.47. The number of hydrogen-bond acceptors (Lipinski definition) is 6. The Hall–Kier alpha value is -2.06. The van der Waals surface area contributed by atoms with Gasteiger partial charge in [-0.25, -0.2) is 0 Å². The molecule has 150 valence electrons. The predicted molar refractivity (Wildman–Crippen MR) is 104 cm³/mol. The molecule has 0 bridgehead atoms. The van der Waals surface area contributed by atoms with Crippen LogP contribution in [-0.4, -0.2) is 54.1 Å². The number of ether oxygens (including phenoxy) is 4. The first kappa shape index (κ1) is 20.7. The molecule has 2 aliphatic rings. The van der Waals surface area contributed by atoms with Crippen LogP contribution in [0.2, 0.25) is 0 Å². The molecule has 1 aromatic rings. The van der Waals surface area contributed by atoms with Crippen LogP contribution in [-0.2, 0) is 18.9 Å². The summed E-state index contributed by atoms with van der Waals surface area (Å²) in [5.41, 5.74) is 1.56. The van der Waals surface area contributed by atoms with Gasteiger partial charge in [0.1, 0.15) is 24.4 Å². The molecule has 0 aromatic heterocycles. The molecule has 0 aliphatic carbocycles. The molecule has 2 fully saturated rings. The summed E-state index contributed by atoms with van der Waals surface area (Å²) in [7, 11) is 0. The van der Waals surface area contributed by atoms with Crippen molar-refractivity contribution >= 4 is 0 Å². The molecule has 28 heavy (non-hydrogen) atoms. The van der Waals surface area contributed by atoms with Crippen LogP contribution in [0.4, 0.5) is 0 Å². The van der Waals surface area contributed by atoms with Gasteiger partial charge in [-0.05, 0) is 0 Å². The molecule has 3 rings (SSSR count). The molecule has 0 saturated carbocycles. The van der Waals surface area contributed by atoms with Crippen molar-refractivity contribution in [2.45, 2.75) is 37.0 Å². The van der Waals surface area contributed by atoms with Crippen molar-refractivity contribution in [3.63, 3.8) is 0 Å². The maximum atomic E-state index is 10.4. The Balaban J connectivity index is 1.82. The Bertz CT molecular complexity index is 713. The summed E-state index contributed by atoms with van der Waals surface area (Å²) in [5, 5.41) is 19.9. The molecular formula is C22H26O6. The van der Waals surface area contributed by atoms with Crippen LogP contribution in [0.15, 0.2) is 79.4 Å². The summed E-state index contributed by atoms with van der Waals surface area (Å²) in [5.74, 6) is 0. The first-order valence-electron chi connectivity index (χ1n) is 9.21. The molecule has 2 saturated heterocycles. The largest absolute Gasteiger partial charge is 0.394 e. The minimum atomic E-state index is -1.12. The molecular weight excluding hydrogens is 360 g/mol. The van der Waals surface area contributed by atoms with Gasteiger partial charge in [0.25, 0.3) is 0 Å². The first-order chi connectivity index (χ1) is 13.7. The van der Waals surface area contributed by atoms with E-state index >= 15 is 0 Å². The van der Waals surface area contributed by atoms with Gasteiger partial charge in [-0.2, -0.15) is 0 Å². The molecule has 2 heterocycles. The van der Waals surface area contributed by atoms with E-state index < -0.39 is 43.6 Å². The predicted octanol–water partition coefficient (Wildman–Crippen LogP) is 2.42. The van der Waals surface area contributed by atoms with Crippen molar-refractivity contribution in [1.82, 2.24) is 0 Å². The average molecular weight is 386 g/mol. The minimum Gasteiger partial charge on any atom is -0.394 e. The lowest BCUT2D eigenvalue weighted by molar-refractivity contribution is -0.362. The highest BCUT2D eigenvalue weighted by Gasteiger charge is 2.48. The third-order valence-corrected chi connectivity index (χ3v) is 4.61. The molecule has 2 N–H and O–H groups in total. The molecule has 0 spiro atoms. The highest BCUT2D eigenvalue weighted by atomic mass is 16.8. The van der Waals surface area contributed by atoms with Crippen LogP contribution in [0.5, 0.6) is 0 Å². The number of allylic oxidation sites excluding steroid dienone is 4. The smallest absolute Gasteiger partial charge is 0.184 e. The standard InChI is InChI=1S/C22H26O6/c1-3-5-10-15(9-4-2)22-26-18-14-25-21(16-11-7-6-8-12-16)28-20(18)19(27-22)17(24)13-23/h3-12,17-24H,1-2,13-14H2/b10-5-,15-9+. The molecule has 2 aliphatic heterocycles. The van der Waals surface area contributed by atoms with E-state index in [1.807, 2.05) is 30.3 Å². The van der Waals surface area contributed by atoms with E-state index in [1.165, 1.54) is 0 Å². The van der Waals surface area contributed by atoms with E-state index in [2.05, 4.69) is 13.2 Å². The zero-order valence-electron chi connectivity index (χ0n) is 15.6. The summed E-state index contributed by atoms with van der Waals surface area (Å²) in [4.78, 5) is 0. The van der Waals surface area contributed by atoms with Crippen LogP contribution in [0.25, 0.3) is 0 Å². The van der Waals surface area contributed by atoms with Gasteiger partial charge in [0.2, 0.25) is 0 Å². The third-order valence-electron chi connectivity index (χ3n) is 4.61. The fourth-order valence-electron chi connectivity index (χ4n) is 3.25. The highest BCUT2D eigenvalue weighted by molar-refractivity contribution is 5.28. The summed E-state index contributed by atoms with van der Waals surface area (Å²) in [6.45, 7) is 7.19. The van der Waals surface area contributed by atoms with Gasteiger partial charge >= 0.3 is 0 Å². The van der Waals surface area contributed by atoms with Gasteiger partial charge in [-0.15, -0.1) is 0 Å². The molecule has 6 atom stereocenters. The van der Waals surface area contributed by atoms with Crippen LogP contribution < -0.4 is 0 Å². The van der Waals surface area contributed by atoms with E-state index in [1.54, 1.807) is 30.4 Å². The minimum absolute atomic E-state index is 0.269. The second kappa shape index (κ2) is 9.93. The Morgan fingerprint density at radius 3 is 2.61 bits per heavy atom. The van der Waals surface area contributed by atoms with Gasteiger partial charge in [0, 0.05) is 11.1 Å². The van der Waals surface area contributed by atoms with Crippen LogP contribution in [0.3, 0.4) is 0 Å². The molecule has 6 nitrogen and oxygen atoms in total. The molecule has 6 heteroatoms. The quantitative estimate of drug-likeness (QED) is 0.701. The second-order valence-electron chi connectivity index (χ2n) is 6.53. The van der Waals surface area contributed by atoms with Crippen molar-refractivity contribution < 1.29 is 29.2 Å². The zero-order valence-corrected chi connectivity index (χ0v) is 15.6. The topological polar surface area (TPSA) is 77.4 Å². The Morgan fingerprint density at radius 1 is 1.14 bits per heavy atom. The lowest BCUT2D eigenvalue weighted by atomic mass is 9.99. The number of fused-ring (bicyclic) bond motifs is 1. The number of aliphatic hydroxyl groups is 2. The fourth-order valence-corrected chi connectivity index (χ4v) is 3.25. The Morgan fingerprint density at radius 2 is 1.93 bits per heavy atom. The van der Waals surface area contributed by atoms with E-state index in [-0.39, 0.29) is 6.61 Å². The van der Waals surface area contributed by atoms with Crippen LogP contribution in [0, 0.1) is 0 Å². The summed E-state index contributed by atoms with van der Waals surface area (Å²) in [6, 6.07) is 9.52. The zero-order chi connectivity index (χ0) is 19.9. The van der Waals surface area contributed by atoms with Crippen molar-refractivity contribution in [3.05, 3.63) is 85.0 Å². The molecule has 1 aromatic carbocycles. The van der Waals surface area contributed by atoms with Gasteiger partial charge < -0.3 is 29.2 Å². The van der Waals surface area contributed by atoms with E-state index in [0.717, 1.165) is 5.56 Å². The van der Waals surface area contributed by atoms with E-state index in [4.69, 9.17) is 18.9 Å². The normalized spacial score (nSPS) is 31.9. The first-order valence-corrected chi connectivity index (χ1v) is 9.21. The SMILES string of the molecule is C=C/C=C\C(=C/C=C)C1OC2COC(c3ccccc3)OC2C(C(O)CO)O1. The Labute approximate surface area is 165 Å². The van der Waals surface area contributed by atoms with Gasteiger partial charge in [-0.1, -0.05) is 73.9 Å². The van der Waals surface area contributed by atoms with Crippen molar-refractivity contribution in [2.24, 2.45) is 0 Å². The molecule has 0 amide bonds. The van der Waals surface area contributed by atoms with Gasteiger partial charge in [0.05, 0.1) is 13.2 Å². The van der Waals surface area contributed by atoms with Crippen LogP contribution in [0.1, 0.15) is 11.9 Å². The highest BCUT2D eigenvalue weighted by Crippen LogP contribution is 2.36. The number of aliphatic hydroxyl groups excluding tert-OH is 2. The van der Waals surface area contributed by atoms with Gasteiger partial charge in [0.15, 0.2) is 12.6 Å². The Kier molecular flexibility index (Phi) is 7.33. The maximum Gasteiger partial charge on any atom is 0.184 e. The molecule has 6 unspecified atom stereocenters. The summed E-state index contributed by atoms with van der Waals surface area (Å²) in [6.07, 6.45) is 4.25. The second-order valence-corrected chi connectivity index (χ2v) is 6.53. The average Bonchev–Trinajstić information content (AvgIpc) is 2.75. The van der Waals surface area contributed by atoms with E-state index in [9.17, 15) is 10.2 Å².